The summed E-state index contributed by atoms with van der Waals surface area (Å²) in [6.07, 6.45) is 0. The fraction of sp³-hybridized carbons (Fsp3) is 0.188. The lowest BCUT2D eigenvalue weighted by molar-refractivity contribution is 0.592. The molecule has 0 saturated heterocycles. The maximum atomic E-state index is 12.8. The van der Waals surface area contributed by atoms with E-state index in [2.05, 4.69) is 15.9 Å². The Morgan fingerprint density at radius 3 is 2.22 bits per heavy atom. The number of hydrogen-bond acceptors (Lipinski definition) is 4. The van der Waals surface area contributed by atoms with Crippen molar-refractivity contribution in [2.75, 3.05) is 0 Å². The van der Waals surface area contributed by atoms with Crippen molar-refractivity contribution in [3.8, 4) is 6.07 Å². The zero-order chi connectivity index (χ0) is 16.8. The molecule has 0 spiro atoms. The average Bonchev–Trinajstić information content (AvgIpc) is 3.16. The van der Waals surface area contributed by atoms with Gasteiger partial charge < -0.3 is 5.73 Å². The predicted octanol–water partition coefficient (Wildman–Crippen LogP) is 3.26. The molecule has 0 aliphatic heterocycles. The summed E-state index contributed by atoms with van der Waals surface area (Å²) in [5.74, 6) is -0.554. The number of sulfone groups is 1. The monoisotopic (exact) mass is 410 g/mol. The van der Waals surface area contributed by atoms with E-state index in [1.54, 1.807) is 24.3 Å². The highest BCUT2D eigenvalue weighted by Crippen LogP contribution is 2.55. The molecule has 1 aliphatic carbocycles. The van der Waals surface area contributed by atoms with Gasteiger partial charge in [0, 0.05) is 15.4 Å². The molecule has 0 amide bonds. The fourth-order valence-corrected chi connectivity index (χ4v) is 5.41. The molecule has 1 fully saturated rings. The average molecular weight is 412 g/mol. The SMILES string of the molecule is N#CC1(N)C(c2ccc(Br)cc2)C1S(=O)(=O)c1ccc(Cl)cc1. The van der Waals surface area contributed by atoms with E-state index in [1.807, 2.05) is 6.07 Å². The summed E-state index contributed by atoms with van der Waals surface area (Å²) >= 11 is 9.13. The molecule has 7 heteroatoms. The molecule has 3 atom stereocenters. The Labute approximate surface area is 147 Å². The normalized spacial score (nSPS) is 26.5. The third kappa shape index (κ3) is 2.68. The molecule has 1 aliphatic rings. The highest BCUT2D eigenvalue weighted by atomic mass is 79.9. The van der Waals surface area contributed by atoms with Crippen molar-refractivity contribution < 1.29 is 8.42 Å². The number of nitrogens with two attached hydrogens (primary N) is 1. The van der Waals surface area contributed by atoms with Crippen LogP contribution in [0, 0.1) is 11.3 Å². The van der Waals surface area contributed by atoms with E-state index < -0.39 is 26.5 Å². The van der Waals surface area contributed by atoms with Crippen LogP contribution < -0.4 is 5.73 Å². The van der Waals surface area contributed by atoms with Crippen LogP contribution in [0.25, 0.3) is 0 Å². The highest BCUT2D eigenvalue weighted by molar-refractivity contribution is 9.10. The standard InChI is InChI=1S/C16H12BrClN2O2S/c17-11-3-1-10(2-4-11)14-15(16(14,20)9-19)23(21,22)13-7-5-12(18)6-8-13/h1-8,14-15H,20H2. The van der Waals surface area contributed by atoms with Crippen molar-refractivity contribution in [3.05, 3.63) is 63.6 Å². The molecule has 3 rings (SSSR count). The predicted molar refractivity (Wildman–Crippen MR) is 91.8 cm³/mol. The quantitative estimate of drug-likeness (QED) is 0.840. The van der Waals surface area contributed by atoms with Crippen molar-refractivity contribution >= 4 is 37.4 Å². The van der Waals surface area contributed by atoms with Crippen LogP contribution in [0.1, 0.15) is 11.5 Å². The Kier molecular flexibility index (Phi) is 4.01. The molecule has 0 aromatic heterocycles. The van der Waals surface area contributed by atoms with Gasteiger partial charge in [-0.3, -0.25) is 0 Å². The molecular formula is C16H12BrClN2O2S. The summed E-state index contributed by atoms with van der Waals surface area (Å²) in [6, 6.07) is 15.0. The first-order valence-electron chi connectivity index (χ1n) is 6.76. The third-order valence-corrected chi connectivity index (χ3v) is 7.12. The lowest BCUT2D eigenvalue weighted by Gasteiger charge is -2.04. The zero-order valence-corrected chi connectivity index (χ0v) is 14.9. The van der Waals surface area contributed by atoms with Gasteiger partial charge in [0.05, 0.1) is 11.0 Å². The van der Waals surface area contributed by atoms with Gasteiger partial charge in [0.1, 0.15) is 10.8 Å². The minimum absolute atomic E-state index is 0.122. The number of rotatable bonds is 3. The maximum absolute atomic E-state index is 12.8. The summed E-state index contributed by atoms with van der Waals surface area (Å²) in [4.78, 5) is 0.122. The minimum Gasteiger partial charge on any atom is -0.312 e. The molecule has 0 radical (unpaired) electrons. The number of nitrogens with zero attached hydrogens (tertiary/aromatic N) is 1. The van der Waals surface area contributed by atoms with Gasteiger partial charge in [-0.2, -0.15) is 5.26 Å². The van der Waals surface area contributed by atoms with Crippen molar-refractivity contribution in [1.82, 2.24) is 0 Å². The molecule has 23 heavy (non-hydrogen) atoms. The summed E-state index contributed by atoms with van der Waals surface area (Å²) in [5.41, 5.74) is 5.39. The van der Waals surface area contributed by atoms with Gasteiger partial charge in [0.15, 0.2) is 9.84 Å². The Hall–Kier alpha value is -1.39. The lowest BCUT2D eigenvalue weighted by Crippen LogP contribution is -2.29. The summed E-state index contributed by atoms with van der Waals surface area (Å²) in [7, 11) is -3.73. The van der Waals surface area contributed by atoms with E-state index in [1.165, 1.54) is 24.3 Å². The van der Waals surface area contributed by atoms with E-state index in [-0.39, 0.29) is 4.90 Å². The van der Waals surface area contributed by atoms with Gasteiger partial charge in [-0.1, -0.05) is 39.7 Å². The van der Waals surface area contributed by atoms with Gasteiger partial charge in [-0.25, -0.2) is 8.42 Å². The molecule has 118 valence electrons. The molecule has 3 unspecified atom stereocenters. The van der Waals surface area contributed by atoms with Crippen LogP contribution in [-0.4, -0.2) is 19.2 Å². The smallest absolute Gasteiger partial charge is 0.184 e. The molecule has 4 nitrogen and oxygen atoms in total. The van der Waals surface area contributed by atoms with Gasteiger partial charge in [-0.15, -0.1) is 0 Å². The molecular weight excluding hydrogens is 400 g/mol. The maximum Gasteiger partial charge on any atom is 0.184 e. The molecule has 0 heterocycles. The zero-order valence-electron chi connectivity index (χ0n) is 11.8. The van der Waals surface area contributed by atoms with Crippen LogP contribution in [0.4, 0.5) is 0 Å². The van der Waals surface area contributed by atoms with E-state index in [4.69, 9.17) is 17.3 Å². The number of halogens is 2. The van der Waals surface area contributed by atoms with Crippen LogP contribution in [-0.2, 0) is 9.84 Å². The van der Waals surface area contributed by atoms with Crippen LogP contribution >= 0.6 is 27.5 Å². The summed E-state index contributed by atoms with van der Waals surface area (Å²) in [6.45, 7) is 0. The second-order valence-electron chi connectivity index (χ2n) is 5.49. The first kappa shape index (κ1) is 16.5. The van der Waals surface area contributed by atoms with E-state index in [0.717, 1.165) is 10.0 Å². The van der Waals surface area contributed by atoms with Crippen molar-refractivity contribution in [2.24, 2.45) is 5.73 Å². The summed E-state index contributed by atoms with van der Waals surface area (Å²) in [5, 5.41) is 8.88. The first-order chi connectivity index (χ1) is 10.8. The molecule has 1 saturated carbocycles. The van der Waals surface area contributed by atoms with E-state index >= 15 is 0 Å². The fourth-order valence-electron chi connectivity index (χ4n) is 2.83. The van der Waals surface area contributed by atoms with Crippen LogP contribution in [0.2, 0.25) is 5.02 Å². The summed E-state index contributed by atoms with van der Waals surface area (Å²) < 4.78 is 26.6. The Balaban J connectivity index is 2.03. The van der Waals surface area contributed by atoms with Crippen LogP contribution in [0.3, 0.4) is 0 Å². The number of benzene rings is 2. The van der Waals surface area contributed by atoms with Crippen molar-refractivity contribution in [3.63, 3.8) is 0 Å². The Morgan fingerprint density at radius 1 is 1.13 bits per heavy atom. The second-order valence-corrected chi connectivity index (χ2v) is 8.91. The topological polar surface area (TPSA) is 83.9 Å². The van der Waals surface area contributed by atoms with Crippen molar-refractivity contribution in [1.29, 1.82) is 5.26 Å². The first-order valence-corrected chi connectivity index (χ1v) is 9.47. The minimum atomic E-state index is -3.73. The van der Waals surface area contributed by atoms with Crippen LogP contribution in [0.15, 0.2) is 57.9 Å². The number of hydrogen-bond donors (Lipinski definition) is 1. The molecule has 2 aromatic rings. The Bertz CT molecular complexity index is 891. The van der Waals surface area contributed by atoms with Gasteiger partial charge in [0.2, 0.25) is 0 Å². The van der Waals surface area contributed by atoms with Gasteiger partial charge in [-0.05, 0) is 42.0 Å². The molecule has 0 bridgehead atoms. The highest BCUT2D eigenvalue weighted by Gasteiger charge is 2.70. The third-order valence-electron chi connectivity index (χ3n) is 4.08. The van der Waals surface area contributed by atoms with Gasteiger partial charge >= 0.3 is 0 Å². The van der Waals surface area contributed by atoms with Crippen LogP contribution in [0.5, 0.6) is 0 Å². The van der Waals surface area contributed by atoms with Gasteiger partial charge in [0.25, 0.3) is 0 Å². The lowest BCUT2D eigenvalue weighted by atomic mass is 10.1. The molecule has 2 N–H and O–H groups in total. The van der Waals surface area contributed by atoms with E-state index in [0.29, 0.717) is 5.02 Å². The van der Waals surface area contributed by atoms with Crippen molar-refractivity contribution in [2.45, 2.75) is 21.6 Å². The van der Waals surface area contributed by atoms with E-state index in [9.17, 15) is 13.7 Å². The second kappa shape index (κ2) is 5.60. The Morgan fingerprint density at radius 2 is 1.70 bits per heavy atom. The largest absolute Gasteiger partial charge is 0.312 e. The molecule has 2 aromatic carbocycles. The number of nitriles is 1.